The Morgan fingerprint density at radius 1 is 1.16 bits per heavy atom. The number of nitrogens with one attached hydrogen (secondary N) is 1. The van der Waals surface area contributed by atoms with Crippen LogP contribution in [0.15, 0.2) is 24.3 Å². The Labute approximate surface area is 177 Å². The molecule has 10 heteroatoms. The van der Waals surface area contributed by atoms with Gasteiger partial charge in [-0.2, -0.15) is 13.2 Å². The molecule has 7 nitrogen and oxygen atoms in total. The van der Waals surface area contributed by atoms with E-state index in [2.05, 4.69) is 5.32 Å². The largest absolute Gasteiger partial charge is 0.490 e. The Hall–Kier alpha value is -2.49. The van der Waals surface area contributed by atoms with Crippen LogP contribution in [0, 0.1) is 5.41 Å². The van der Waals surface area contributed by atoms with Gasteiger partial charge in [0.15, 0.2) is 0 Å². The number of piperidine rings is 1. The van der Waals surface area contributed by atoms with Gasteiger partial charge in [-0.15, -0.1) is 0 Å². The number of ether oxygens (including phenoxy) is 2. The second kappa shape index (κ2) is 7.29. The number of carbonyl (C=O) groups is 2. The zero-order valence-electron chi connectivity index (χ0n) is 16.9. The molecule has 3 aliphatic heterocycles. The van der Waals surface area contributed by atoms with E-state index in [4.69, 9.17) is 9.47 Å². The van der Waals surface area contributed by atoms with Gasteiger partial charge in [0.05, 0.1) is 17.7 Å². The number of hydrogen-bond acceptors (Lipinski definition) is 4. The number of nitrogens with zero attached hydrogens (tertiary/aromatic N) is 2. The van der Waals surface area contributed by atoms with Crippen molar-refractivity contribution in [2.24, 2.45) is 5.41 Å². The number of alkyl halides is 3. The van der Waals surface area contributed by atoms with Gasteiger partial charge in [0, 0.05) is 31.6 Å². The number of rotatable bonds is 2. The van der Waals surface area contributed by atoms with Gasteiger partial charge in [0.25, 0.3) is 0 Å². The number of morpholine rings is 1. The summed E-state index contributed by atoms with van der Waals surface area (Å²) >= 11 is 0. The van der Waals surface area contributed by atoms with Crippen LogP contribution < -0.4 is 10.1 Å². The van der Waals surface area contributed by atoms with Crippen molar-refractivity contribution in [1.29, 1.82) is 0 Å². The predicted octanol–water partition coefficient (Wildman–Crippen LogP) is 2.26. The van der Waals surface area contributed by atoms with Crippen molar-refractivity contribution in [1.82, 2.24) is 15.1 Å². The summed E-state index contributed by atoms with van der Waals surface area (Å²) < 4.78 is 49.3. The number of amides is 3. The fourth-order valence-corrected chi connectivity index (χ4v) is 5.13. The molecular formula is C21H24F3N3O4. The maximum absolute atomic E-state index is 12.8. The summed E-state index contributed by atoms with van der Waals surface area (Å²) in [6.45, 7) is 2.47. The first-order valence-corrected chi connectivity index (χ1v) is 10.5. The van der Waals surface area contributed by atoms with Crippen molar-refractivity contribution in [3.8, 4) is 5.75 Å². The number of fused-ring (bicyclic) bond motifs is 1. The Kier molecular flexibility index (Phi) is 4.80. The van der Waals surface area contributed by atoms with Crippen LogP contribution in [-0.2, 0) is 15.7 Å². The number of hydrogen-bond donors (Lipinski definition) is 1. The zero-order valence-corrected chi connectivity index (χ0v) is 16.9. The standard InChI is InChI=1S/C21H24F3N3O4/c22-21(23,24)13-1-3-14(4-2-13)31-15-7-20(8-15)11-27(12-20)19(29)26-6-5-17-16(9-26)25-18(28)10-30-17/h1-4,15-17H,5-12H2,(H,25,28)/t16-,17+/m1/s1. The van der Waals surface area contributed by atoms with Gasteiger partial charge in [-0.3, -0.25) is 4.79 Å². The highest BCUT2D eigenvalue weighted by Crippen LogP contribution is 2.50. The molecule has 0 unspecified atom stereocenters. The van der Waals surface area contributed by atoms with Crippen molar-refractivity contribution < 1.29 is 32.2 Å². The molecule has 1 aromatic rings. The molecule has 1 N–H and O–H groups in total. The van der Waals surface area contributed by atoms with Gasteiger partial charge < -0.3 is 24.6 Å². The fraction of sp³-hybridized carbons (Fsp3) is 0.619. The summed E-state index contributed by atoms with van der Waals surface area (Å²) in [6, 6.07) is 4.58. The average Bonchev–Trinajstić information content (AvgIpc) is 2.67. The summed E-state index contributed by atoms with van der Waals surface area (Å²) in [6.07, 6.45) is -2.15. The van der Waals surface area contributed by atoms with Gasteiger partial charge in [0.2, 0.25) is 5.91 Å². The van der Waals surface area contributed by atoms with E-state index in [-0.39, 0.29) is 42.2 Å². The molecule has 5 rings (SSSR count). The van der Waals surface area contributed by atoms with Crippen LogP contribution in [0.4, 0.5) is 18.0 Å². The average molecular weight is 439 g/mol. The first-order chi connectivity index (χ1) is 14.7. The van der Waals surface area contributed by atoms with Crippen LogP contribution >= 0.6 is 0 Å². The predicted molar refractivity (Wildman–Crippen MR) is 102 cm³/mol. The smallest absolute Gasteiger partial charge is 0.416 e. The van der Waals surface area contributed by atoms with E-state index in [0.29, 0.717) is 38.3 Å². The Bertz CT molecular complexity index is 862. The van der Waals surface area contributed by atoms with Crippen LogP contribution in [0.5, 0.6) is 5.75 Å². The molecule has 2 atom stereocenters. The van der Waals surface area contributed by atoms with Crippen molar-refractivity contribution in [2.75, 3.05) is 32.8 Å². The van der Waals surface area contributed by atoms with Crippen molar-refractivity contribution >= 4 is 11.9 Å². The molecular weight excluding hydrogens is 415 g/mol. The van der Waals surface area contributed by atoms with Crippen LogP contribution in [0.2, 0.25) is 0 Å². The van der Waals surface area contributed by atoms with Gasteiger partial charge in [-0.25, -0.2) is 4.79 Å². The first-order valence-electron chi connectivity index (χ1n) is 10.5. The highest BCUT2D eigenvalue weighted by molar-refractivity contribution is 5.79. The molecule has 4 fully saturated rings. The summed E-state index contributed by atoms with van der Waals surface area (Å²) in [4.78, 5) is 28.0. The van der Waals surface area contributed by atoms with Crippen molar-refractivity contribution in [3.63, 3.8) is 0 Å². The molecule has 1 saturated carbocycles. The van der Waals surface area contributed by atoms with Gasteiger partial charge in [-0.1, -0.05) is 0 Å². The third kappa shape index (κ3) is 3.93. The number of carbonyl (C=O) groups excluding carboxylic acids is 2. The molecule has 3 amide bonds. The van der Waals surface area contributed by atoms with Crippen LogP contribution in [-0.4, -0.2) is 72.8 Å². The quantitative estimate of drug-likeness (QED) is 0.768. The van der Waals surface area contributed by atoms with E-state index in [1.165, 1.54) is 12.1 Å². The topological polar surface area (TPSA) is 71.1 Å². The molecule has 1 aliphatic carbocycles. The second-order valence-electron chi connectivity index (χ2n) is 9.07. The summed E-state index contributed by atoms with van der Waals surface area (Å²) in [7, 11) is 0. The molecule has 3 saturated heterocycles. The van der Waals surface area contributed by atoms with E-state index in [0.717, 1.165) is 25.0 Å². The lowest BCUT2D eigenvalue weighted by molar-refractivity contribution is -0.140. The van der Waals surface area contributed by atoms with E-state index in [1.807, 2.05) is 4.90 Å². The maximum Gasteiger partial charge on any atom is 0.416 e. The molecule has 3 heterocycles. The minimum absolute atomic E-state index is 0.0176. The second-order valence-corrected chi connectivity index (χ2v) is 9.07. The van der Waals surface area contributed by atoms with Crippen molar-refractivity contribution in [2.45, 2.75) is 43.7 Å². The lowest BCUT2D eigenvalue weighted by Gasteiger charge is -2.59. The Balaban J connectivity index is 1.08. The molecule has 0 radical (unpaired) electrons. The summed E-state index contributed by atoms with van der Waals surface area (Å²) in [5.74, 6) is 0.284. The minimum Gasteiger partial charge on any atom is -0.490 e. The molecule has 1 aromatic carbocycles. The third-order valence-corrected chi connectivity index (χ3v) is 6.72. The molecule has 168 valence electrons. The maximum atomic E-state index is 12.8. The highest BCUT2D eigenvalue weighted by Gasteiger charge is 2.55. The van der Waals surface area contributed by atoms with Crippen molar-refractivity contribution in [3.05, 3.63) is 29.8 Å². The van der Waals surface area contributed by atoms with E-state index in [9.17, 15) is 22.8 Å². The van der Waals surface area contributed by atoms with Crippen LogP contribution in [0.1, 0.15) is 24.8 Å². The molecule has 1 spiro atoms. The fourth-order valence-electron chi connectivity index (χ4n) is 5.13. The summed E-state index contributed by atoms with van der Waals surface area (Å²) in [5.41, 5.74) is -0.645. The lowest BCUT2D eigenvalue weighted by Crippen LogP contribution is -2.69. The van der Waals surface area contributed by atoms with Crippen LogP contribution in [0.25, 0.3) is 0 Å². The number of benzene rings is 1. The van der Waals surface area contributed by atoms with Gasteiger partial charge in [0.1, 0.15) is 18.5 Å². The summed E-state index contributed by atoms with van der Waals surface area (Å²) in [5, 5.41) is 2.90. The Morgan fingerprint density at radius 3 is 2.55 bits per heavy atom. The van der Waals surface area contributed by atoms with Gasteiger partial charge in [-0.05, 0) is 43.5 Å². The molecule has 4 aliphatic rings. The van der Waals surface area contributed by atoms with Crippen LogP contribution in [0.3, 0.4) is 0 Å². The minimum atomic E-state index is -4.36. The highest BCUT2D eigenvalue weighted by atomic mass is 19.4. The molecule has 0 aromatic heterocycles. The zero-order chi connectivity index (χ0) is 21.8. The number of likely N-dealkylation sites (tertiary alicyclic amines) is 2. The van der Waals surface area contributed by atoms with E-state index >= 15 is 0 Å². The molecule has 0 bridgehead atoms. The lowest BCUT2D eigenvalue weighted by atomic mass is 9.62. The van der Waals surface area contributed by atoms with E-state index in [1.54, 1.807) is 4.90 Å². The van der Waals surface area contributed by atoms with E-state index < -0.39 is 11.7 Å². The monoisotopic (exact) mass is 439 g/mol. The first kappa shape index (κ1) is 20.4. The van der Waals surface area contributed by atoms with Gasteiger partial charge >= 0.3 is 12.2 Å². The third-order valence-electron chi connectivity index (χ3n) is 6.72. The normalized spacial score (nSPS) is 27.8. The number of urea groups is 1. The number of halogens is 3. The Morgan fingerprint density at radius 2 is 1.87 bits per heavy atom. The molecule has 31 heavy (non-hydrogen) atoms. The SMILES string of the molecule is O=C1CO[C@H]2CCN(C(=O)N3CC4(CC(Oc5ccc(C(F)(F)F)cc5)C4)C3)C[C@H]2N1.